The van der Waals surface area contributed by atoms with Gasteiger partial charge in [-0.1, -0.05) is 182 Å². The van der Waals surface area contributed by atoms with Crippen molar-refractivity contribution < 1.29 is 14.5 Å². The first-order chi connectivity index (χ1) is 24.7. The van der Waals surface area contributed by atoms with E-state index in [-0.39, 0.29) is 12.5 Å². The highest BCUT2D eigenvalue weighted by Crippen LogP contribution is 2.49. The van der Waals surface area contributed by atoms with Crippen molar-refractivity contribution in [1.82, 2.24) is 0 Å². The maximum atomic E-state index is 10.6. The third kappa shape index (κ3) is 7.48. The van der Waals surface area contributed by atoms with Gasteiger partial charge in [0.15, 0.2) is 8.15 Å². The predicted molar refractivity (Wildman–Crippen MR) is 213 cm³/mol. The van der Waals surface area contributed by atoms with Crippen LogP contribution in [-0.4, -0.2) is 10.00 Å². The lowest BCUT2D eigenvalue weighted by Gasteiger charge is -2.29. The van der Waals surface area contributed by atoms with Crippen LogP contribution < -0.4 is 25.7 Å². The number of fused-ring (bicyclic) bond motifs is 2. The van der Waals surface area contributed by atoms with E-state index in [0.29, 0.717) is 0 Å². The van der Waals surface area contributed by atoms with Gasteiger partial charge < -0.3 is 14.5 Å². The Morgan fingerprint density at radius 3 is 1.66 bits per heavy atom. The smallest absolute Gasteiger partial charge is 0.150 e. The monoisotopic (exact) mass is 688 g/mol. The topological polar surface area (TPSA) is 49.7 Å². The van der Waals surface area contributed by atoms with Crippen LogP contribution in [0.5, 0.6) is 5.75 Å². The lowest BCUT2D eigenvalue weighted by molar-refractivity contribution is 0.279. The standard InChI is InChI=1S/C33H27O2P.C12H11OP/c34-23-26-22-25-13-8-10-20-30(25)32(31-21-11-14-24-12-7-9-19-29(24)31)33(26)35-36(27-15-3-1-4-16-27)28-17-5-2-6-18-28;13-14(11-7-3-1-4-8-11)12-9-5-2-6-10-12/h1-20,22,31,34H,21,23H2;1-10,13H. The van der Waals surface area contributed by atoms with Crippen molar-refractivity contribution in [3.05, 3.63) is 204 Å². The van der Waals surface area contributed by atoms with E-state index in [1.54, 1.807) is 0 Å². The molecule has 246 valence electrons. The van der Waals surface area contributed by atoms with Gasteiger partial charge in [0.05, 0.1) is 14.8 Å². The molecule has 0 saturated heterocycles. The second-order valence-corrected chi connectivity index (χ2v) is 15.5. The zero-order chi connectivity index (χ0) is 34.1. The molecule has 1 atom stereocenters. The maximum absolute atomic E-state index is 10.6. The largest absolute Gasteiger partial charge is 0.464 e. The summed E-state index contributed by atoms with van der Waals surface area (Å²) < 4.78 is 7.10. The lowest BCUT2D eigenvalue weighted by Crippen LogP contribution is -2.17. The first kappa shape index (κ1) is 33.6. The minimum Gasteiger partial charge on any atom is -0.464 e. The van der Waals surface area contributed by atoms with Gasteiger partial charge in [0.1, 0.15) is 5.75 Å². The maximum Gasteiger partial charge on any atom is 0.150 e. The van der Waals surface area contributed by atoms with Gasteiger partial charge in [-0.15, -0.1) is 0 Å². The first-order valence-corrected chi connectivity index (χ1v) is 19.3. The molecule has 0 radical (unpaired) electrons. The Balaban J connectivity index is 0.000000234. The average Bonchev–Trinajstić information content (AvgIpc) is 3.20. The SMILES string of the molecule is OCc1cc2ccccc2c(C2CC=Cc3ccccc32)c1OP(c1ccccc1)c1ccccc1.OP(c1ccccc1)c1ccccc1. The van der Waals surface area contributed by atoms with E-state index < -0.39 is 16.3 Å². The summed E-state index contributed by atoms with van der Waals surface area (Å²) in [4.78, 5) is 10.1. The van der Waals surface area contributed by atoms with E-state index in [2.05, 4.69) is 115 Å². The Labute approximate surface area is 296 Å². The third-order valence-corrected chi connectivity index (χ3v) is 12.3. The Bertz CT molecular complexity index is 2090. The molecule has 0 spiro atoms. The molecule has 0 fully saturated rings. The number of allylic oxidation sites excluding steroid dienone is 1. The molecule has 7 aromatic carbocycles. The van der Waals surface area contributed by atoms with Crippen molar-refractivity contribution in [1.29, 1.82) is 0 Å². The number of hydrogen-bond acceptors (Lipinski definition) is 3. The van der Waals surface area contributed by atoms with Crippen LogP contribution in [0.3, 0.4) is 0 Å². The number of aliphatic hydroxyl groups excluding tert-OH is 1. The summed E-state index contributed by atoms with van der Waals surface area (Å²) in [5.74, 6) is 0.950. The van der Waals surface area contributed by atoms with E-state index in [9.17, 15) is 10.00 Å². The van der Waals surface area contributed by atoms with Crippen LogP contribution in [-0.2, 0) is 6.61 Å². The van der Waals surface area contributed by atoms with Gasteiger partial charge in [-0.05, 0) is 34.4 Å². The summed E-state index contributed by atoms with van der Waals surface area (Å²) in [5.41, 5.74) is 4.53. The van der Waals surface area contributed by atoms with Gasteiger partial charge in [-0.25, -0.2) is 0 Å². The molecule has 0 aliphatic heterocycles. The molecule has 5 heteroatoms. The highest BCUT2D eigenvalue weighted by Gasteiger charge is 2.29. The first-order valence-electron chi connectivity index (χ1n) is 16.8. The van der Waals surface area contributed by atoms with Crippen LogP contribution >= 0.6 is 16.3 Å². The average molecular weight is 689 g/mol. The fourth-order valence-corrected chi connectivity index (χ4v) is 9.46. The molecule has 1 unspecified atom stereocenters. The van der Waals surface area contributed by atoms with Gasteiger partial charge in [-0.2, -0.15) is 0 Å². The number of benzene rings is 7. The van der Waals surface area contributed by atoms with E-state index >= 15 is 0 Å². The van der Waals surface area contributed by atoms with E-state index in [0.717, 1.165) is 49.9 Å². The lowest BCUT2D eigenvalue weighted by atomic mass is 9.79. The molecule has 50 heavy (non-hydrogen) atoms. The van der Waals surface area contributed by atoms with Crippen LogP contribution in [0.2, 0.25) is 0 Å². The van der Waals surface area contributed by atoms with Crippen LogP contribution in [0.4, 0.5) is 0 Å². The molecule has 1 aliphatic carbocycles. The van der Waals surface area contributed by atoms with Crippen molar-refractivity contribution in [3.8, 4) is 5.75 Å². The fourth-order valence-electron chi connectivity index (χ4n) is 6.46. The Kier molecular flexibility index (Phi) is 10.9. The number of aliphatic hydroxyl groups is 1. The highest BCUT2D eigenvalue weighted by molar-refractivity contribution is 7.69. The third-order valence-electron chi connectivity index (χ3n) is 8.84. The normalized spacial score (nSPS) is 13.5. The number of rotatable bonds is 8. The minimum atomic E-state index is -1.17. The van der Waals surface area contributed by atoms with Gasteiger partial charge in [-0.3, -0.25) is 0 Å². The van der Waals surface area contributed by atoms with Gasteiger partial charge in [0.25, 0.3) is 0 Å². The molecular formula is C45H38O3P2. The molecular weight excluding hydrogens is 650 g/mol. The fraction of sp³-hybridized carbons (Fsp3) is 0.0667. The zero-order valence-corrected chi connectivity index (χ0v) is 29.4. The molecule has 0 aromatic heterocycles. The molecule has 0 amide bonds. The van der Waals surface area contributed by atoms with Crippen molar-refractivity contribution in [3.63, 3.8) is 0 Å². The van der Waals surface area contributed by atoms with Gasteiger partial charge in [0.2, 0.25) is 0 Å². The second-order valence-electron chi connectivity index (χ2n) is 12.0. The quantitative estimate of drug-likeness (QED) is 0.157. The van der Waals surface area contributed by atoms with Crippen molar-refractivity contribution in [2.24, 2.45) is 0 Å². The summed E-state index contributed by atoms with van der Waals surface area (Å²) in [7, 11) is -2.31. The molecule has 0 saturated carbocycles. The molecule has 8 rings (SSSR count). The van der Waals surface area contributed by atoms with Crippen LogP contribution in [0.25, 0.3) is 16.8 Å². The summed E-state index contributed by atoms with van der Waals surface area (Å²) in [6.45, 7) is -0.0792. The van der Waals surface area contributed by atoms with Gasteiger partial charge in [0, 0.05) is 38.3 Å². The Hall–Kier alpha value is -4.88. The molecule has 2 N–H and O–H groups in total. The molecule has 3 nitrogen and oxygen atoms in total. The summed E-state index contributed by atoms with van der Waals surface area (Å²) in [5, 5.41) is 17.1. The van der Waals surface area contributed by atoms with Gasteiger partial charge >= 0.3 is 0 Å². The zero-order valence-electron chi connectivity index (χ0n) is 27.6. The summed E-state index contributed by atoms with van der Waals surface area (Å²) in [6, 6.07) is 59.6. The molecule has 7 aromatic rings. The number of hydrogen-bond donors (Lipinski definition) is 2. The van der Waals surface area contributed by atoms with Crippen molar-refractivity contribution >= 4 is 54.4 Å². The summed E-state index contributed by atoms with van der Waals surface area (Å²) >= 11 is 0. The minimum absolute atomic E-state index is 0.0792. The van der Waals surface area contributed by atoms with Crippen molar-refractivity contribution in [2.45, 2.75) is 18.9 Å². The van der Waals surface area contributed by atoms with Crippen LogP contribution in [0.15, 0.2) is 182 Å². The predicted octanol–water partition coefficient (Wildman–Crippen LogP) is 9.33. The van der Waals surface area contributed by atoms with Crippen molar-refractivity contribution in [2.75, 3.05) is 0 Å². The molecule has 0 bridgehead atoms. The Morgan fingerprint density at radius 2 is 1.08 bits per heavy atom. The summed E-state index contributed by atoms with van der Waals surface area (Å²) in [6.07, 6.45) is 5.36. The second kappa shape index (κ2) is 16.2. The van der Waals surface area contributed by atoms with E-state index in [1.807, 2.05) is 72.8 Å². The van der Waals surface area contributed by atoms with Crippen LogP contribution in [0.1, 0.15) is 34.6 Å². The van der Waals surface area contributed by atoms with Crippen LogP contribution in [0, 0.1) is 0 Å². The van der Waals surface area contributed by atoms with E-state index in [1.165, 1.54) is 16.5 Å². The highest BCUT2D eigenvalue weighted by atomic mass is 31.1. The molecule has 0 heterocycles. The Morgan fingerprint density at radius 1 is 0.580 bits per heavy atom. The van der Waals surface area contributed by atoms with E-state index in [4.69, 9.17) is 4.52 Å². The molecule has 1 aliphatic rings.